The number of ether oxygens (including phenoxy) is 1. The molecule has 0 heterocycles. The highest BCUT2D eigenvalue weighted by Crippen LogP contribution is 2.60. The highest BCUT2D eigenvalue weighted by atomic mass is 16.5. The third-order valence-electron chi connectivity index (χ3n) is 6.76. The van der Waals surface area contributed by atoms with E-state index in [-0.39, 0.29) is 0 Å². The van der Waals surface area contributed by atoms with Crippen molar-refractivity contribution in [1.82, 2.24) is 0 Å². The van der Waals surface area contributed by atoms with E-state index in [1.807, 2.05) is 12.1 Å². The standard InChI is InChI=1S/C22H26N2O/c23-17-5-6-21(19(24)12-17)25-20-4-2-1-3-18(20)22-15-8-13-7-14(10-15)11-16(22)9-13/h1-6,12-16,22H,7-11,23-24H2. The zero-order valence-corrected chi connectivity index (χ0v) is 14.5. The first-order valence-electron chi connectivity index (χ1n) is 9.59. The van der Waals surface area contributed by atoms with Crippen LogP contribution < -0.4 is 16.2 Å². The minimum atomic E-state index is 0.597. The Morgan fingerprint density at radius 1 is 0.760 bits per heavy atom. The monoisotopic (exact) mass is 334 g/mol. The van der Waals surface area contributed by atoms with Crippen molar-refractivity contribution in [2.45, 2.75) is 38.0 Å². The number of rotatable bonds is 3. The van der Waals surface area contributed by atoms with Gasteiger partial charge in [-0.1, -0.05) is 18.2 Å². The smallest absolute Gasteiger partial charge is 0.150 e. The van der Waals surface area contributed by atoms with E-state index in [0.717, 1.165) is 29.4 Å². The van der Waals surface area contributed by atoms with Gasteiger partial charge in [-0.3, -0.25) is 0 Å². The molecule has 0 spiro atoms. The number of anilines is 2. The number of hydrogen-bond acceptors (Lipinski definition) is 3. The summed E-state index contributed by atoms with van der Waals surface area (Å²) in [5.74, 6) is 5.97. The maximum atomic E-state index is 6.27. The van der Waals surface area contributed by atoms with Gasteiger partial charge in [-0.05, 0) is 91.5 Å². The molecule has 2 aromatic rings. The molecule has 3 heteroatoms. The first-order valence-corrected chi connectivity index (χ1v) is 9.59. The number of para-hydroxylation sites is 1. The van der Waals surface area contributed by atoms with Gasteiger partial charge in [-0.25, -0.2) is 0 Å². The molecule has 0 amide bonds. The average molecular weight is 334 g/mol. The van der Waals surface area contributed by atoms with Crippen molar-refractivity contribution in [3.05, 3.63) is 48.0 Å². The predicted molar refractivity (Wildman–Crippen MR) is 102 cm³/mol. The second-order valence-electron chi connectivity index (χ2n) is 8.39. The third kappa shape index (κ3) is 2.57. The molecule has 0 radical (unpaired) electrons. The summed E-state index contributed by atoms with van der Waals surface area (Å²) in [5.41, 5.74) is 14.6. The molecule has 2 aromatic carbocycles. The molecule has 6 rings (SSSR count). The number of nitrogens with two attached hydrogens (primary N) is 2. The van der Waals surface area contributed by atoms with Gasteiger partial charge in [-0.15, -0.1) is 0 Å². The van der Waals surface area contributed by atoms with E-state index in [0.29, 0.717) is 23.0 Å². The Labute approximate surface area is 149 Å². The van der Waals surface area contributed by atoms with E-state index in [9.17, 15) is 0 Å². The fourth-order valence-electron chi connectivity index (χ4n) is 6.06. The van der Waals surface area contributed by atoms with Crippen LogP contribution in [0.5, 0.6) is 11.5 Å². The van der Waals surface area contributed by atoms with Crippen LogP contribution in [0.2, 0.25) is 0 Å². The van der Waals surface area contributed by atoms with E-state index < -0.39 is 0 Å². The van der Waals surface area contributed by atoms with Crippen LogP contribution >= 0.6 is 0 Å². The van der Waals surface area contributed by atoms with Gasteiger partial charge >= 0.3 is 0 Å². The molecule has 0 aliphatic heterocycles. The van der Waals surface area contributed by atoms with Crippen molar-refractivity contribution >= 4 is 11.4 Å². The lowest BCUT2D eigenvalue weighted by Gasteiger charge is -2.54. The summed E-state index contributed by atoms with van der Waals surface area (Å²) in [6.07, 6.45) is 7.14. The minimum Gasteiger partial charge on any atom is -0.455 e. The Balaban J connectivity index is 1.49. The molecule has 4 aliphatic rings. The summed E-state index contributed by atoms with van der Waals surface area (Å²) in [5, 5.41) is 0. The summed E-state index contributed by atoms with van der Waals surface area (Å²) in [7, 11) is 0. The van der Waals surface area contributed by atoms with Crippen LogP contribution in [0.3, 0.4) is 0 Å². The summed E-state index contributed by atoms with van der Waals surface area (Å²) < 4.78 is 6.27. The van der Waals surface area contributed by atoms with Crippen LogP contribution in [0.1, 0.15) is 43.6 Å². The van der Waals surface area contributed by atoms with Crippen LogP contribution in [0, 0.1) is 23.7 Å². The van der Waals surface area contributed by atoms with Crippen molar-refractivity contribution in [1.29, 1.82) is 0 Å². The first-order chi connectivity index (χ1) is 12.2. The fourth-order valence-corrected chi connectivity index (χ4v) is 6.06. The lowest BCUT2D eigenvalue weighted by atomic mass is 9.50. The maximum Gasteiger partial charge on any atom is 0.150 e. The van der Waals surface area contributed by atoms with E-state index in [1.165, 1.54) is 37.7 Å². The van der Waals surface area contributed by atoms with Gasteiger partial charge in [0.2, 0.25) is 0 Å². The fraction of sp³-hybridized carbons (Fsp3) is 0.455. The van der Waals surface area contributed by atoms with E-state index in [4.69, 9.17) is 16.2 Å². The predicted octanol–water partition coefficient (Wildman–Crippen LogP) is 5.18. The molecule has 0 atom stereocenters. The Morgan fingerprint density at radius 3 is 2.12 bits per heavy atom. The van der Waals surface area contributed by atoms with Crippen LogP contribution in [-0.4, -0.2) is 0 Å². The summed E-state index contributed by atoms with van der Waals surface area (Å²) >= 11 is 0. The second-order valence-corrected chi connectivity index (χ2v) is 8.39. The van der Waals surface area contributed by atoms with Gasteiger partial charge in [0, 0.05) is 5.69 Å². The lowest BCUT2D eigenvalue weighted by molar-refractivity contribution is -0.00335. The average Bonchev–Trinajstić information content (AvgIpc) is 2.58. The maximum absolute atomic E-state index is 6.27. The van der Waals surface area contributed by atoms with Gasteiger partial charge in [0.1, 0.15) is 11.5 Å². The van der Waals surface area contributed by atoms with E-state index in [2.05, 4.69) is 24.3 Å². The summed E-state index contributed by atoms with van der Waals surface area (Å²) in [4.78, 5) is 0. The molecule has 0 aromatic heterocycles. The Hall–Kier alpha value is -2.16. The summed E-state index contributed by atoms with van der Waals surface area (Å²) in [6.45, 7) is 0. The largest absolute Gasteiger partial charge is 0.455 e. The van der Waals surface area contributed by atoms with Crippen molar-refractivity contribution in [3.8, 4) is 11.5 Å². The second kappa shape index (κ2) is 5.69. The molecule has 130 valence electrons. The van der Waals surface area contributed by atoms with Gasteiger partial charge in [-0.2, -0.15) is 0 Å². The molecular formula is C22H26N2O. The molecule has 0 unspecified atom stereocenters. The van der Waals surface area contributed by atoms with Crippen LogP contribution in [0.25, 0.3) is 0 Å². The zero-order valence-electron chi connectivity index (χ0n) is 14.5. The molecule has 4 bridgehead atoms. The van der Waals surface area contributed by atoms with Crippen LogP contribution in [0.4, 0.5) is 11.4 Å². The van der Waals surface area contributed by atoms with Crippen molar-refractivity contribution in [3.63, 3.8) is 0 Å². The Bertz CT molecular complexity index is 772. The highest BCUT2D eigenvalue weighted by molar-refractivity contribution is 5.61. The number of nitrogen functional groups attached to an aromatic ring is 2. The number of benzene rings is 2. The van der Waals surface area contributed by atoms with Crippen LogP contribution in [-0.2, 0) is 0 Å². The van der Waals surface area contributed by atoms with Crippen molar-refractivity contribution < 1.29 is 4.74 Å². The lowest BCUT2D eigenvalue weighted by Crippen LogP contribution is -2.43. The number of hydrogen-bond donors (Lipinski definition) is 2. The van der Waals surface area contributed by atoms with Crippen molar-refractivity contribution in [2.24, 2.45) is 23.7 Å². The van der Waals surface area contributed by atoms with E-state index in [1.54, 1.807) is 6.07 Å². The SMILES string of the molecule is Nc1ccc(Oc2ccccc2C2C3CC4CC(C3)CC2C4)c(N)c1. The Kier molecular flexibility index (Phi) is 3.44. The van der Waals surface area contributed by atoms with Gasteiger partial charge in [0.15, 0.2) is 0 Å². The molecule has 4 saturated carbocycles. The van der Waals surface area contributed by atoms with Gasteiger partial charge < -0.3 is 16.2 Å². The third-order valence-corrected chi connectivity index (χ3v) is 6.76. The van der Waals surface area contributed by atoms with Gasteiger partial charge in [0.25, 0.3) is 0 Å². The quantitative estimate of drug-likeness (QED) is 0.760. The molecule has 4 fully saturated rings. The van der Waals surface area contributed by atoms with E-state index >= 15 is 0 Å². The molecular weight excluding hydrogens is 308 g/mol. The topological polar surface area (TPSA) is 61.3 Å². The molecule has 0 saturated heterocycles. The van der Waals surface area contributed by atoms with Crippen molar-refractivity contribution in [2.75, 3.05) is 11.5 Å². The molecule has 4 aliphatic carbocycles. The van der Waals surface area contributed by atoms with Crippen LogP contribution in [0.15, 0.2) is 42.5 Å². The normalized spacial score (nSPS) is 32.7. The highest BCUT2D eigenvalue weighted by Gasteiger charge is 2.49. The molecule has 25 heavy (non-hydrogen) atoms. The summed E-state index contributed by atoms with van der Waals surface area (Å²) in [6, 6.07) is 14.1. The Morgan fingerprint density at radius 2 is 1.44 bits per heavy atom. The molecule has 4 N–H and O–H groups in total. The van der Waals surface area contributed by atoms with Gasteiger partial charge in [0.05, 0.1) is 5.69 Å². The first kappa shape index (κ1) is 15.1. The molecule has 3 nitrogen and oxygen atoms in total. The minimum absolute atomic E-state index is 0.597. The zero-order chi connectivity index (χ0) is 17.0.